The lowest BCUT2D eigenvalue weighted by Crippen LogP contribution is -2.16. The largest absolute Gasteiger partial charge is 0.465 e. The summed E-state index contributed by atoms with van der Waals surface area (Å²) in [4.78, 5) is 4.24. The minimum atomic E-state index is 0.702. The van der Waals surface area contributed by atoms with E-state index in [-0.39, 0.29) is 0 Å². The summed E-state index contributed by atoms with van der Waals surface area (Å²) in [5, 5.41) is 3.31. The van der Waals surface area contributed by atoms with Gasteiger partial charge in [0.2, 0.25) is 0 Å². The molecule has 2 heterocycles. The van der Waals surface area contributed by atoms with E-state index in [1.165, 1.54) is 0 Å². The van der Waals surface area contributed by atoms with Gasteiger partial charge in [-0.1, -0.05) is 0 Å². The molecule has 4 heteroatoms. The van der Waals surface area contributed by atoms with E-state index in [9.17, 15) is 0 Å². The summed E-state index contributed by atoms with van der Waals surface area (Å²) in [6, 6.07) is 7.79. The van der Waals surface area contributed by atoms with Gasteiger partial charge in [0.05, 0.1) is 18.4 Å². The molecule has 3 N–H and O–H groups in total. The number of aromatic nitrogens is 1. The van der Waals surface area contributed by atoms with Crippen LogP contribution in [0.15, 0.2) is 34.9 Å². The van der Waals surface area contributed by atoms with Crippen LogP contribution in [0.4, 0.5) is 5.69 Å². The van der Waals surface area contributed by atoms with Gasteiger partial charge in [-0.05, 0) is 31.2 Å². The first-order chi connectivity index (χ1) is 8.24. The lowest BCUT2D eigenvalue weighted by Gasteiger charge is -2.03. The smallest absolute Gasteiger partial charge is 0.117 e. The molecule has 0 aromatic carbocycles. The van der Waals surface area contributed by atoms with E-state index in [2.05, 4.69) is 10.3 Å². The van der Waals surface area contributed by atoms with Crippen molar-refractivity contribution in [3.63, 3.8) is 0 Å². The summed E-state index contributed by atoms with van der Waals surface area (Å²) in [5.41, 5.74) is 7.31. The summed E-state index contributed by atoms with van der Waals surface area (Å²) in [6.45, 7) is 3.57. The molecule has 2 aromatic heterocycles. The van der Waals surface area contributed by atoms with Gasteiger partial charge in [0.15, 0.2) is 0 Å². The highest BCUT2D eigenvalue weighted by molar-refractivity contribution is 5.34. The van der Waals surface area contributed by atoms with Crippen LogP contribution in [0, 0.1) is 6.92 Å². The normalized spacial score (nSPS) is 10.6. The van der Waals surface area contributed by atoms with Crippen LogP contribution in [0.3, 0.4) is 0 Å². The van der Waals surface area contributed by atoms with Gasteiger partial charge in [-0.2, -0.15) is 0 Å². The Bertz CT molecular complexity index is 462. The monoisotopic (exact) mass is 231 g/mol. The molecule has 90 valence electrons. The first-order valence-electron chi connectivity index (χ1n) is 5.70. The van der Waals surface area contributed by atoms with E-state index in [0.29, 0.717) is 5.69 Å². The van der Waals surface area contributed by atoms with Crippen LogP contribution in [0.5, 0.6) is 0 Å². The van der Waals surface area contributed by atoms with Gasteiger partial charge < -0.3 is 15.5 Å². The molecule has 0 aliphatic heterocycles. The Morgan fingerprint density at radius 1 is 1.29 bits per heavy atom. The highest BCUT2D eigenvalue weighted by Gasteiger charge is 1.98. The Kier molecular flexibility index (Phi) is 3.77. The summed E-state index contributed by atoms with van der Waals surface area (Å²) in [7, 11) is 0. The molecule has 0 atom stereocenters. The fourth-order valence-electron chi connectivity index (χ4n) is 1.59. The first-order valence-corrected chi connectivity index (χ1v) is 5.70. The number of hydrogen-bond acceptors (Lipinski definition) is 4. The lowest BCUT2D eigenvalue weighted by molar-refractivity contribution is 0.462. The number of nitrogens with two attached hydrogens (primary N) is 1. The Morgan fingerprint density at radius 2 is 2.18 bits per heavy atom. The van der Waals surface area contributed by atoms with Gasteiger partial charge in [-0.25, -0.2) is 0 Å². The summed E-state index contributed by atoms with van der Waals surface area (Å²) >= 11 is 0. The predicted octanol–water partition coefficient (Wildman–Crippen LogP) is 1.90. The van der Waals surface area contributed by atoms with Crippen molar-refractivity contribution in [2.24, 2.45) is 0 Å². The average Bonchev–Trinajstić information content (AvgIpc) is 2.73. The molecule has 0 amide bonds. The number of pyridine rings is 1. The van der Waals surface area contributed by atoms with Crippen molar-refractivity contribution in [3.8, 4) is 0 Å². The number of anilines is 1. The fraction of sp³-hybridized carbons (Fsp3) is 0.308. The molecule has 4 nitrogen and oxygen atoms in total. The molecule has 0 radical (unpaired) electrons. The minimum absolute atomic E-state index is 0.702. The van der Waals surface area contributed by atoms with E-state index < -0.39 is 0 Å². The first kappa shape index (κ1) is 11.7. The second-order valence-corrected chi connectivity index (χ2v) is 4.02. The molecule has 0 aliphatic carbocycles. The number of aryl methyl sites for hydroxylation is 1. The van der Waals surface area contributed by atoms with Gasteiger partial charge in [-0.3, -0.25) is 4.98 Å². The molecule has 2 aromatic rings. The third kappa shape index (κ3) is 3.60. The summed E-state index contributed by atoms with van der Waals surface area (Å²) < 4.78 is 5.46. The predicted molar refractivity (Wildman–Crippen MR) is 67.5 cm³/mol. The van der Waals surface area contributed by atoms with Crippen molar-refractivity contribution >= 4 is 5.69 Å². The number of hydrogen-bond donors (Lipinski definition) is 2. The van der Waals surface area contributed by atoms with E-state index >= 15 is 0 Å². The molecular weight excluding hydrogens is 214 g/mol. The Hall–Kier alpha value is -1.81. The molecule has 2 rings (SSSR count). The average molecular weight is 231 g/mol. The third-order valence-corrected chi connectivity index (χ3v) is 2.50. The maximum absolute atomic E-state index is 5.57. The molecule has 0 bridgehead atoms. The highest BCUT2D eigenvalue weighted by Crippen LogP contribution is 2.05. The molecule has 0 unspecified atom stereocenters. The van der Waals surface area contributed by atoms with Gasteiger partial charge >= 0.3 is 0 Å². The van der Waals surface area contributed by atoms with Gasteiger partial charge in [0, 0.05) is 18.7 Å². The maximum Gasteiger partial charge on any atom is 0.117 e. The van der Waals surface area contributed by atoms with Crippen molar-refractivity contribution in [1.82, 2.24) is 10.3 Å². The highest BCUT2D eigenvalue weighted by atomic mass is 16.3. The van der Waals surface area contributed by atoms with Crippen molar-refractivity contribution in [2.45, 2.75) is 19.9 Å². The van der Waals surface area contributed by atoms with Crippen LogP contribution < -0.4 is 11.1 Å². The van der Waals surface area contributed by atoms with E-state index in [4.69, 9.17) is 10.2 Å². The quantitative estimate of drug-likeness (QED) is 0.771. The van der Waals surface area contributed by atoms with Crippen molar-refractivity contribution in [2.75, 3.05) is 12.3 Å². The third-order valence-electron chi connectivity index (χ3n) is 2.50. The number of nitrogens with zero attached hydrogens (tertiary/aromatic N) is 1. The number of rotatable bonds is 5. The molecule has 0 aliphatic rings. The number of nitrogens with one attached hydrogen (secondary N) is 1. The molecule has 0 saturated carbocycles. The zero-order chi connectivity index (χ0) is 12.1. The Labute approximate surface area is 101 Å². The van der Waals surface area contributed by atoms with Crippen LogP contribution in [0.2, 0.25) is 0 Å². The lowest BCUT2D eigenvalue weighted by atomic mass is 10.2. The minimum Gasteiger partial charge on any atom is -0.465 e. The second-order valence-electron chi connectivity index (χ2n) is 4.02. The molecule has 0 fully saturated rings. The number of furan rings is 1. The number of nitrogen functional groups attached to an aromatic ring is 1. The summed E-state index contributed by atoms with van der Waals surface area (Å²) in [5.74, 6) is 1.91. The van der Waals surface area contributed by atoms with Crippen LogP contribution in [0.1, 0.15) is 17.2 Å². The van der Waals surface area contributed by atoms with Crippen molar-refractivity contribution in [1.29, 1.82) is 0 Å². The van der Waals surface area contributed by atoms with Crippen LogP contribution in [-0.4, -0.2) is 11.5 Å². The van der Waals surface area contributed by atoms with Crippen molar-refractivity contribution in [3.05, 3.63) is 47.7 Å². The zero-order valence-corrected chi connectivity index (χ0v) is 9.94. The van der Waals surface area contributed by atoms with E-state index in [1.807, 2.05) is 31.2 Å². The second kappa shape index (κ2) is 5.50. The van der Waals surface area contributed by atoms with Crippen molar-refractivity contribution < 1.29 is 4.42 Å². The van der Waals surface area contributed by atoms with Crippen LogP contribution in [-0.2, 0) is 13.0 Å². The molecule has 0 spiro atoms. The van der Waals surface area contributed by atoms with Gasteiger partial charge in [0.25, 0.3) is 0 Å². The summed E-state index contributed by atoms with van der Waals surface area (Å²) in [6.07, 6.45) is 2.57. The standard InChI is InChI=1S/C13H17N3O/c1-10-2-5-13(17-10)9-15-7-6-12-4-3-11(14)8-16-12/h2-5,8,15H,6-7,9,14H2,1H3. The van der Waals surface area contributed by atoms with E-state index in [1.54, 1.807) is 6.20 Å². The van der Waals surface area contributed by atoms with E-state index in [0.717, 1.165) is 36.7 Å². The SMILES string of the molecule is Cc1ccc(CNCCc2ccc(N)cn2)o1. The molecule has 0 saturated heterocycles. The zero-order valence-electron chi connectivity index (χ0n) is 9.94. The van der Waals surface area contributed by atoms with Crippen LogP contribution >= 0.6 is 0 Å². The topological polar surface area (TPSA) is 64.1 Å². The Morgan fingerprint density at radius 3 is 2.82 bits per heavy atom. The van der Waals surface area contributed by atoms with Gasteiger partial charge in [0.1, 0.15) is 11.5 Å². The Balaban J connectivity index is 1.71. The maximum atomic E-state index is 5.57. The molecular formula is C13H17N3O. The fourth-order valence-corrected chi connectivity index (χ4v) is 1.59. The van der Waals surface area contributed by atoms with Gasteiger partial charge in [-0.15, -0.1) is 0 Å². The van der Waals surface area contributed by atoms with Crippen LogP contribution in [0.25, 0.3) is 0 Å². The molecule has 17 heavy (non-hydrogen) atoms.